The van der Waals surface area contributed by atoms with Crippen LogP contribution in [0.1, 0.15) is 16.7 Å². The Labute approximate surface area is 170 Å². The van der Waals surface area contributed by atoms with Gasteiger partial charge in [0.15, 0.2) is 0 Å². The molecule has 1 aliphatic rings. The van der Waals surface area contributed by atoms with Gasteiger partial charge in [-0.15, -0.1) is 0 Å². The molecule has 0 bridgehead atoms. The molecule has 2 heterocycles. The molecule has 152 valence electrons. The molecule has 4 rings (SSSR count). The minimum Gasteiger partial charge on any atom is -0.423 e. The lowest BCUT2D eigenvalue weighted by molar-refractivity contribution is 0.182. The summed E-state index contributed by atoms with van der Waals surface area (Å²) in [6.07, 6.45) is 0. The number of fused-ring (bicyclic) bond motifs is 1. The van der Waals surface area contributed by atoms with Crippen molar-refractivity contribution in [3.05, 3.63) is 75.6 Å². The zero-order chi connectivity index (χ0) is 20.6. The minimum absolute atomic E-state index is 0.332. The maximum absolute atomic E-state index is 12.9. The molecule has 7 heteroatoms. The highest BCUT2D eigenvalue weighted by molar-refractivity contribution is 7.89. The van der Waals surface area contributed by atoms with Crippen LogP contribution in [0, 0.1) is 13.8 Å². The molecule has 1 saturated heterocycles. The molecule has 1 fully saturated rings. The first-order valence-electron chi connectivity index (χ1n) is 9.65. The number of sulfonamides is 1. The van der Waals surface area contributed by atoms with Gasteiger partial charge < -0.3 is 4.42 Å². The lowest BCUT2D eigenvalue weighted by Gasteiger charge is -2.34. The van der Waals surface area contributed by atoms with E-state index in [0.29, 0.717) is 43.2 Å². The molecule has 0 amide bonds. The number of rotatable bonds is 4. The number of aryl methyl sites for hydroxylation is 2. The van der Waals surface area contributed by atoms with Gasteiger partial charge in [-0.2, -0.15) is 4.31 Å². The fraction of sp³-hybridized carbons (Fsp3) is 0.318. The Morgan fingerprint density at radius 1 is 0.897 bits per heavy atom. The highest BCUT2D eigenvalue weighted by Gasteiger charge is 2.28. The van der Waals surface area contributed by atoms with E-state index in [4.69, 9.17) is 4.42 Å². The predicted molar refractivity (Wildman–Crippen MR) is 112 cm³/mol. The van der Waals surface area contributed by atoms with E-state index >= 15 is 0 Å². The Morgan fingerprint density at radius 2 is 1.55 bits per heavy atom. The van der Waals surface area contributed by atoms with Crippen LogP contribution in [0.4, 0.5) is 0 Å². The van der Waals surface area contributed by atoms with E-state index < -0.39 is 10.0 Å². The van der Waals surface area contributed by atoms with Crippen LogP contribution in [0.25, 0.3) is 11.0 Å². The largest absolute Gasteiger partial charge is 0.423 e. The second kappa shape index (κ2) is 7.74. The SMILES string of the molecule is Cc1ccc(S(=O)(=O)N2CCN(Cc3cc(=O)oc4cc(C)ccc34)CC2)cc1. The summed E-state index contributed by atoms with van der Waals surface area (Å²) in [6.45, 7) is 6.55. The molecule has 1 aliphatic heterocycles. The molecule has 6 nitrogen and oxygen atoms in total. The minimum atomic E-state index is -3.48. The van der Waals surface area contributed by atoms with Crippen LogP contribution in [-0.2, 0) is 16.6 Å². The standard InChI is InChI=1S/C22H24N2O4S/c1-16-3-6-19(7-4-16)29(26,27)24-11-9-23(10-12-24)15-18-14-22(25)28-21-13-17(2)5-8-20(18)21/h3-8,13-14H,9-12,15H2,1-2H3. The molecule has 29 heavy (non-hydrogen) atoms. The first kappa shape index (κ1) is 19.8. The van der Waals surface area contributed by atoms with Gasteiger partial charge in [0.1, 0.15) is 5.58 Å². The quantitative estimate of drug-likeness (QED) is 0.616. The predicted octanol–water partition coefficient (Wildman–Crippen LogP) is 2.92. The van der Waals surface area contributed by atoms with E-state index in [1.165, 1.54) is 10.4 Å². The Bertz CT molecular complexity index is 1190. The monoisotopic (exact) mass is 412 g/mol. The van der Waals surface area contributed by atoms with Crippen LogP contribution >= 0.6 is 0 Å². The average Bonchev–Trinajstić information content (AvgIpc) is 2.68. The van der Waals surface area contributed by atoms with Gasteiger partial charge >= 0.3 is 5.63 Å². The number of piperazine rings is 1. The Morgan fingerprint density at radius 3 is 2.24 bits per heavy atom. The molecule has 3 aromatic rings. The number of benzene rings is 2. The molecule has 0 N–H and O–H groups in total. The fourth-order valence-corrected chi connectivity index (χ4v) is 5.12. The molecule has 1 aromatic heterocycles. The van der Waals surface area contributed by atoms with Crippen molar-refractivity contribution < 1.29 is 12.8 Å². The number of hydrogen-bond donors (Lipinski definition) is 0. The lowest BCUT2D eigenvalue weighted by Crippen LogP contribution is -2.48. The second-order valence-corrected chi connectivity index (χ2v) is 9.52. The van der Waals surface area contributed by atoms with Crippen molar-refractivity contribution in [2.24, 2.45) is 0 Å². The van der Waals surface area contributed by atoms with Crippen molar-refractivity contribution in [2.75, 3.05) is 26.2 Å². The summed E-state index contributed by atoms with van der Waals surface area (Å²) in [5.74, 6) is 0. The molecular weight excluding hydrogens is 388 g/mol. The summed E-state index contributed by atoms with van der Waals surface area (Å²) in [7, 11) is -3.48. The second-order valence-electron chi connectivity index (χ2n) is 7.58. The van der Waals surface area contributed by atoms with Gasteiger partial charge in [0.25, 0.3) is 0 Å². The summed E-state index contributed by atoms with van der Waals surface area (Å²) in [5, 5.41) is 0.921. The molecule has 0 radical (unpaired) electrons. The van der Waals surface area contributed by atoms with Gasteiger partial charge in [0.05, 0.1) is 4.90 Å². The average molecular weight is 413 g/mol. The van der Waals surface area contributed by atoms with Crippen molar-refractivity contribution in [3.8, 4) is 0 Å². The van der Waals surface area contributed by atoms with Gasteiger partial charge in [-0.25, -0.2) is 13.2 Å². The van der Waals surface area contributed by atoms with Crippen molar-refractivity contribution in [2.45, 2.75) is 25.3 Å². The fourth-order valence-electron chi connectivity index (χ4n) is 3.70. The summed E-state index contributed by atoms with van der Waals surface area (Å²) in [4.78, 5) is 14.5. The first-order valence-corrected chi connectivity index (χ1v) is 11.1. The maximum Gasteiger partial charge on any atom is 0.336 e. The molecular formula is C22H24N2O4S. The van der Waals surface area contributed by atoms with Gasteiger partial charge in [0.2, 0.25) is 10.0 Å². The van der Waals surface area contributed by atoms with Gasteiger partial charge in [-0.05, 0) is 43.2 Å². The van der Waals surface area contributed by atoms with E-state index in [1.807, 2.05) is 44.2 Å². The smallest absolute Gasteiger partial charge is 0.336 e. The van der Waals surface area contributed by atoms with Crippen LogP contribution in [0.15, 0.2) is 62.6 Å². The van der Waals surface area contributed by atoms with Crippen molar-refractivity contribution >= 4 is 21.0 Å². The van der Waals surface area contributed by atoms with Crippen LogP contribution in [-0.4, -0.2) is 43.8 Å². The summed E-state index contributed by atoms with van der Waals surface area (Å²) >= 11 is 0. The molecule has 0 aliphatic carbocycles. The highest BCUT2D eigenvalue weighted by Crippen LogP contribution is 2.22. The van der Waals surface area contributed by atoms with Crippen LogP contribution in [0.3, 0.4) is 0 Å². The Kier molecular flexibility index (Phi) is 5.29. The van der Waals surface area contributed by atoms with Crippen LogP contribution < -0.4 is 5.63 Å². The van der Waals surface area contributed by atoms with E-state index in [2.05, 4.69) is 4.90 Å². The van der Waals surface area contributed by atoms with Crippen LogP contribution in [0.5, 0.6) is 0 Å². The summed E-state index contributed by atoms with van der Waals surface area (Å²) < 4.78 is 32.6. The number of nitrogens with zero attached hydrogens (tertiary/aromatic N) is 2. The van der Waals surface area contributed by atoms with E-state index in [-0.39, 0.29) is 5.63 Å². The molecule has 0 saturated carbocycles. The zero-order valence-corrected chi connectivity index (χ0v) is 17.4. The molecule has 0 spiro atoms. The summed E-state index contributed by atoms with van der Waals surface area (Å²) in [6, 6.07) is 14.3. The third kappa shape index (κ3) is 4.12. The topological polar surface area (TPSA) is 70.8 Å². The molecule has 0 atom stereocenters. The third-order valence-corrected chi connectivity index (χ3v) is 7.28. The van der Waals surface area contributed by atoms with E-state index in [9.17, 15) is 13.2 Å². The third-order valence-electron chi connectivity index (χ3n) is 5.37. The first-order chi connectivity index (χ1) is 13.8. The molecule has 2 aromatic carbocycles. The van der Waals surface area contributed by atoms with Gasteiger partial charge in [-0.3, -0.25) is 4.90 Å². The zero-order valence-electron chi connectivity index (χ0n) is 16.6. The van der Waals surface area contributed by atoms with E-state index in [0.717, 1.165) is 22.1 Å². The van der Waals surface area contributed by atoms with Crippen molar-refractivity contribution in [3.63, 3.8) is 0 Å². The van der Waals surface area contributed by atoms with Gasteiger partial charge in [0, 0.05) is 44.2 Å². The van der Waals surface area contributed by atoms with Crippen LogP contribution in [0.2, 0.25) is 0 Å². The lowest BCUT2D eigenvalue weighted by atomic mass is 10.1. The van der Waals surface area contributed by atoms with Gasteiger partial charge in [-0.1, -0.05) is 29.8 Å². The summed E-state index contributed by atoms with van der Waals surface area (Å²) in [5.41, 5.74) is 3.20. The van der Waals surface area contributed by atoms with Crippen molar-refractivity contribution in [1.29, 1.82) is 0 Å². The Balaban J connectivity index is 1.49. The number of hydrogen-bond acceptors (Lipinski definition) is 5. The van der Waals surface area contributed by atoms with Crippen molar-refractivity contribution in [1.82, 2.24) is 9.21 Å². The Hall–Kier alpha value is -2.48. The molecule has 0 unspecified atom stereocenters. The normalized spacial score (nSPS) is 16.3. The van der Waals surface area contributed by atoms with E-state index in [1.54, 1.807) is 12.1 Å². The maximum atomic E-state index is 12.9. The highest BCUT2D eigenvalue weighted by atomic mass is 32.2.